The molecule has 8 aromatic rings. The van der Waals surface area contributed by atoms with Crippen LogP contribution in [0.5, 0.6) is 0 Å². The number of hydrogen-bond donors (Lipinski definition) is 0. The molecule has 1 aliphatic carbocycles. The van der Waals surface area contributed by atoms with Gasteiger partial charge < -0.3 is 4.57 Å². The standard InChI is InChI=1S/C39H25N/c1-3-15-27-25(11-1)13-9-20-31(27)39-32-19-6-5-17-29(32)33-24-38-34(23-35(33)39)30-18-7-8-21-37(30)40(38)36-22-10-14-26-12-2-4-16-28(26)36/h1-24,39H. The lowest BCUT2D eigenvalue weighted by molar-refractivity contribution is 1.03. The Morgan fingerprint density at radius 2 is 1.00 bits per heavy atom. The summed E-state index contributed by atoms with van der Waals surface area (Å²) in [6, 6.07) is 53.7. The molecule has 1 atom stereocenters. The van der Waals surface area contributed by atoms with E-state index in [0.29, 0.717) is 0 Å². The molecule has 7 aromatic carbocycles. The molecule has 0 radical (unpaired) electrons. The SMILES string of the molecule is c1ccc2c(c1)-c1cc3c(cc1C2c1cccc2ccccc12)c1ccccc1n3-c1cccc2ccccc12. The fourth-order valence-corrected chi connectivity index (χ4v) is 7.17. The number of benzene rings is 7. The lowest BCUT2D eigenvalue weighted by atomic mass is 9.86. The molecule has 1 heteroatoms. The van der Waals surface area contributed by atoms with Crippen LogP contribution in [0.3, 0.4) is 0 Å². The minimum atomic E-state index is 0.196. The molecule has 0 aliphatic heterocycles. The zero-order chi connectivity index (χ0) is 26.2. The first-order chi connectivity index (χ1) is 19.9. The lowest BCUT2D eigenvalue weighted by Gasteiger charge is -2.17. The predicted octanol–water partition coefficient (Wildman–Crippen LogP) is 10.3. The van der Waals surface area contributed by atoms with E-state index in [-0.39, 0.29) is 5.92 Å². The van der Waals surface area contributed by atoms with Gasteiger partial charge in [0.05, 0.1) is 16.7 Å². The maximum absolute atomic E-state index is 2.49. The van der Waals surface area contributed by atoms with E-state index in [1.807, 2.05) is 0 Å². The number of para-hydroxylation sites is 1. The van der Waals surface area contributed by atoms with Crippen molar-refractivity contribution in [2.75, 3.05) is 0 Å². The first-order valence-electron chi connectivity index (χ1n) is 14.0. The smallest absolute Gasteiger partial charge is 0.0547 e. The fraction of sp³-hybridized carbons (Fsp3) is 0.0256. The molecule has 0 amide bonds. The van der Waals surface area contributed by atoms with Gasteiger partial charge >= 0.3 is 0 Å². The van der Waals surface area contributed by atoms with Crippen LogP contribution in [0, 0.1) is 0 Å². The first-order valence-corrected chi connectivity index (χ1v) is 14.0. The number of fused-ring (bicyclic) bond motifs is 8. The molecule has 1 unspecified atom stereocenters. The minimum absolute atomic E-state index is 0.196. The van der Waals surface area contributed by atoms with Gasteiger partial charge in [-0.15, -0.1) is 0 Å². The molecule has 1 aliphatic rings. The van der Waals surface area contributed by atoms with Gasteiger partial charge in [0, 0.05) is 22.1 Å². The van der Waals surface area contributed by atoms with Crippen LogP contribution in [0.15, 0.2) is 146 Å². The summed E-state index contributed by atoms with van der Waals surface area (Å²) in [5, 5.41) is 7.74. The first kappa shape index (κ1) is 21.8. The molecular formula is C39H25N. The summed E-state index contributed by atoms with van der Waals surface area (Å²) in [5.41, 5.74) is 10.6. The summed E-state index contributed by atoms with van der Waals surface area (Å²) in [4.78, 5) is 0. The molecule has 0 bridgehead atoms. The average Bonchev–Trinajstić information content (AvgIpc) is 3.51. The Labute approximate surface area is 232 Å². The minimum Gasteiger partial charge on any atom is -0.309 e. The molecule has 0 fully saturated rings. The van der Waals surface area contributed by atoms with Crippen molar-refractivity contribution in [3.63, 3.8) is 0 Å². The lowest BCUT2D eigenvalue weighted by Crippen LogP contribution is -2.00. The van der Waals surface area contributed by atoms with Gasteiger partial charge in [0.2, 0.25) is 0 Å². The normalized spacial score (nSPS) is 14.2. The second kappa shape index (κ2) is 8.18. The van der Waals surface area contributed by atoms with E-state index >= 15 is 0 Å². The third-order valence-electron chi connectivity index (χ3n) is 8.86. The predicted molar refractivity (Wildman–Crippen MR) is 169 cm³/mol. The molecule has 0 spiro atoms. The zero-order valence-electron chi connectivity index (χ0n) is 21.9. The van der Waals surface area contributed by atoms with Crippen molar-refractivity contribution in [2.24, 2.45) is 0 Å². The summed E-state index contributed by atoms with van der Waals surface area (Å²) in [6.07, 6.45) is 0. The summed E-state index contributed by atoms with van der Waals surface area (Å²) >= 11 is 0. The van der Waals surface area contributed by atoms with Gasteiger partial charge in [0.1, 0.15) is 0 Å². The number of hydrogen-bond acceptors (Lipinski definition) is 0. The summed E-state index contributed by atoms with van der Waals surface area (Å²) in [6.45, 7) is 0. The summed E-state index contributed by atoms with van der Waals surface area (Å²) in [7, 11) is 0. The maximum Gasteiger partial charge on any atom is 0.0547 e. The largest absolute Gasteiger partial charge is 0.309 e. The highest BCUT2D eigenvalue weighted by atomic mass is 15.0. The molecule has 1 aromatic heterocycles. The number of aromatic nitrogens is 1. The quantitative estimate of drug-likeness (QED) is 0.219. The third-order valence-corrected chi connectivity index (χ3v) is 8.86. The second-order valence-electron chi connectivity index (χ2n) is 10.9. The van der Waals surface area contributed by atoms with Crippen molar-refractivity contribution in [3.8, 4) is 16.8 Å². The summed E-state index contributed by atoms with van der Waals surface area (Å²) < 4.78 is 2.47. The van der Waals surface area contributed by atoms with Crippen LogP contribution >= 0.6 is 0 Å². The molecule has 1 heterocycles. The Morgan fingerprint density at radius 1 is 0.375 bits per heavy atom. The maximum atomic E-state index is 2.49. The van der Waals surface area contributed by atoms with E-state index in [4.69, 9.17) is 0 Å². The number of rotatable bonds is 2. The number of nitrogens with zero attached hydrogens (tertiary/aromatic N) is 1. The zero-order valence-corrected chi connectivity index (χ0v) is 21.9. The van der Waals surface area contributed by atoms with E-state index in [1.54, 1.807) is 0 Å². The van der Waals surface area contributed by atoms with Gasteiger partial charge in [-0.3, -0.25) is 0 Å². The van der Waals surface area contributed by atoms with E-state index in [1.165, 1.54) is 76.9 Å². The molecule has 0 saturated carbocycles. The van der Waals surface area contributed by atoms with E-state index in [0.717, 1.165) is 0 Å². The molecule has 186 valence electrons. The average molecular weight is 508 g/mol. The monoisotopic (exact) mass is 507 g/mol. The van der Waals surface area contributed by atoms with Crippen molar-refractivity contribution in [3.05, 3.63) is 162 Å². The van der Waals surface area contributed by atoms with Gasteiger partial charge in [-0.25, -0.2) is 0 Å². The fourth-order valence-electron chi connectivity index (χ4n) is 7.17. The van der Waals surface area contributed by atoms with Gasteiger partial charge in [-0.1, -0.05) is 121 Å². The van der Waals surface area contributed by atoms with Crippen molar-refractivity contribution >= 4 is 43.4 Å². The highest BCUT2D eigenvalue weighted by Gasteiger charge is 2.32. The molecule has 9 rings (SSSR count). The Bertz CT molecular complexity index is 2270. The summed E-state index contributed by atoms with van der Waals surface area (Å²) in [5.74, 6) is 0.196. The Kier molecular flexibility index (Phi) is 4.45. The van der Waals surface area contributed by atoms with Crippen LogP contribution < -0.4 is 0 Å². The van der Waals surface area contributed by atoms with Crippen molar-refractivity contribution in [1.82, 2.24) is 4.57 Å². The molecule has 0 saturated heterocycles. The van der Waals surface area contributed by atoms with Gasteiger partial charge in [0.25, 0.3) is 0 Å². The molecular weight excluding hydrogens is 482 g/mol. The van der Waals surface area contributed by atoms with Gasteiger partial charge in [-0.2, -0.15) is 0 Å². The van der Waals surface area contributed by atoms with Gasteiger partial charge in [-0.05, 0) is 68.2 Å². The van der Waals surface area contributed by atoms with Crippen LogP contribution in [0.25, 0.3) is 60.2 Å². The van der Waals surface area contributed by atoms with E-state index in [9.17, 15) is 0 Å². The van der Waals surface area contributed by atoms with Crippen molar-refractivity contribution in [1.29, 1.82) is 0 Å². The van der Waals surface area contributed by atoms with E-state index < -0.39 is 0 Å². The Balaban J connectivity index is 1.41. The molecule has 1 nitrogen and oxygen atoms in total. The van der Waals surface area contributed by atoms with Crippen LogP contribution in [0.1, 0.15) is 22.6 Å². The van der Waals surface area contributed by atoms with Crippen LogP contribution in [-0.2, 0) is 0 Å². The third kappa shape index (κ3) is 2.92. The van der Waals surface area contributed by atoms with Crippen LogP contribution in [0.2, 0.25) is 0 Å². The van der Waals surface area contributed by atoms with Crippen molar-refractivity contribution in [2.45, 2.75) is 5.92 Å². The molecule has 40 heavy (non-hydrogen) atoms. The molecule has 0 N–H and O–H groups in total. The van der Waals surface area contributed by atoms with Crippen molar-refractivity contribution < 1.29 is 0 Å². The topological polar surface area (TPSA) is 4.93 Å². The second-order valence-corrected chi connectivity index (χ2v) is 10.9. The Hall–Kier alpha value is -5.14. The highest BCUT2D eigenvalue weighted by molar-refractivity contribution is 6.12. The van der Waals surface area contributed by atoms with Gasteiger partial charge in [0.15, 0.2) is 0 Å². The van der Waals surface area contributed by atoms with Crippen LogP contribution in [0.4, 0.5) is 0 Å². The highest BCUT2D eigenvalue weighted by Crippen LogP contribution is 2.51. The Morgan fingerprint density at radius 3 is 1.88 bits per heavy atom. The van der Waals surface area contributed by atoms with Crippen LogP contribution in [-0.4, -0.2) is 4.57 Å². The van der Waals surface area contributed by atoms with E-state index in [2.05, 4.69) is 150 Å².